The highest BCUT2D eigenvalue weighted by atomic mass is 32.1. The first-order chi connectivity index (χ1) is 15.1. The average Bonchev–Trinajstić information content (AvgIpc) is 3.55. The van der Waals surface area contributed by atoms with Crippen molar-refractivity contribution >= 4 is 39.7 Å². The lowest BCUT2D eigenvalue weighted by molar-refractivity contribution is 0.0858. The van der Waals surface area contributed by atoms with Crippen LogP contribution in [0.25, 0.3) is 0 Å². The molecule has 1 aromatic carbocycles. The number of para-hydroxylation sites is 1. The molecule has 3 N–H and O–H groups in total. The number of benzene rings is 1. The Balaban J connectivity index is 1.39. The fourth-order valence-corrected chi connectivity index (χ4v) is 3.99. The van der Waals surface area contributed by atoms with Gasteiger partial charge in [-0.2, -0.15) is 0 Å². The summed E-state index contributed by atoms with van der Waals surface area (Å²) in [4.78, 5) is 37.8. The second kappa shape index (κ2) is 9.59. The molecular formula is C22H21N3O5S. The van der Waals surface area contributed by atoms with Crippen LogP contribution < -0.4 is 16.0 Å². The quantitative estimate of drug-likeness (QED) is 0.519. The van der Waals surface area contributed by atoms with Gasteiger partial charge in [-0.25, -0.2) is 0 Å². The molecule has 0 radical (unpaired) electrons. The number of amides is 3. The van der Waals surface area contributed by atoms with Crippen LogP contribution in [0.4, 0.5) is 10.7 Å². The van der Waals surface area contributed by atoms with Gasteiger partial charge in [0.05, 0.1) is 33.5 Å². The van der Waals surface area contributed by atoms with Crippen molar-refractivity contribution in [3.63, 3.8) is 0 Å². The Hall–Kier alpha value is -3.43. The maximum atomic E-state index is 12.7. The number of hydrogen-bond donors (Lipinski definition) is 3. The van der Waals surface area contributed by atoms with Gasteiger partial charge in [-0.05, 0) is 49.2 Å². The lowest BCUT2D eigenvalue weighted by Gasteiger charge is -2.13. The van der Waals surface area contributed by atoms with Gasteiger partial charge in [0.2, 0.25) is 0 Å². The number of anilines is 2. The maximum absolute atomic E-state index is 12.7. The minimum absolute atomic E-state index is 0.0339. The first kappa shape index (κ1) is 20.8. The van der Waals surface area contributed by atoms with Gasteiger partial charge in [-0.15, -0.1) is 11.3 Å². The molecule has 3 aromatic rings. The Labute approximate surface area is 182 Å². The van der Waals surface area contributed by atoms with E-state index < -0.39 is 5.91 Å². The molecule has 3 heterocycles. The monoisotopic (exact) mass is 439 g/mol. The van der Waals surface area contributed by atoms with Crippen molar-refractivity contribution < 1.29 is 23.5 Å². The van der Waals surface area contributed by atoms with E-state index in [-0.39, 0.29) is 23.7 Å². The van der Waals surface area contributed by atoms with E-state index in [0.29, 0.717) is 27.7 Å². The summed E-state index contributed by atoms with van der Waals surface area (Å²) in [5.74, 6) is -0.860. The molecule has 8 nitrogen and oxygen atoms in total. The predicted molar refractivity (Wildman–Crippen MR) is 117 cm³/mol. The molecule has 1 fully saturated rings. The van der Waals surface area contributed by atoms with Crippen molar-refractivity contribution in [1.29, 1.82) is 0 Å². The highest BCUT2D eigenvalue weighted by Gasteiger charge is 2.19. The van der Waals surface area contributed by atoms with E-state index in [1.165, 1.54) is 6.26 Å². The molecule has 3 amide bonds. The van der Waals surface area contributed by atoms with Crippen LogP contribution in [0.15, 0.2) is 59.2 Å². The van der Waals surface area contributed by atoms with Gasteiger partial charge < -0.3 is 25.1 Å². The molecule has 1 saturated heterocycles. The first-order valence-corrected chi connectivity index (χ1v) is 10.7. The summed E-state index contributed by atoms with van der Waals surface area (Å²) in [5.41, 5.74) is 0.781. The molecule has 2 aromatic heterocycles. The maximum Gasteiger partial charge on any atom is 0.291 e. The predicted octanol–water partition coefficient (Wildman–Crippen LogP) is 3.75. The molecule has 4 rings (SSSR count). The minimum atomic E-state index is -0.396. The number of nitrogens with one attached hydrogen (secondary N) is 3. The molecular weight excluding hydrogens is 418 g/mol. The number of furan rings is 1. The van der Waals surface area contributed by atoms with Gasteiger partial charge in [0.25, 0.3) is 17.7 Å². The van der Waals surface area contributed by atoms with Crippen LogP contribution in [-0.2, 0) is 4.74 Å². The third-order valence-corrected chi connectivity index (χ3v) is 5.75. The Kier molecular flexibility index (Phi) is 6.44. The van der Waals surface area contributed by atoms with E-state index in [9.17, 15) is 14.4 Å². The smallest absolute Gasteiger partial charge is 0.291 e. The van der Waals surface area contributed by atoms with E-state index in [1.54, 1.807) is 48.5 Å². The van der Waals surface area contributed by atoms with Crippen LogP contribution in [0.5, 0.6) is 0 Å². The Morgan fingerprint density at radius 2 is 1.84 bits per heavy atom. The van der Waals surface area contributed by atoms with Crippen molar-refractivity contribution in [3.8, 4) is 0 Å². The van der Waals surface area contributed by atoms with Crippen molar-refractivity contribution in [1.82, 2.24) is 5.32 Å². The molecule has 31 heavy (non-hydrogen) atoms. The van der Waals surface area contributed by atoms with Crippen molar-refractivity contribution in [2.45, 2.75) is 18.9 Å². The van der Waals surface area contributed by atoms with Gasteiger partial charge in [-0.3, -0.25) is 14.4 Å². The van der Waals surface area contributed by atoms with Gasteiger partial charge >= 0.3 is 0 Å². The van der Waals surface area contributed by atoms with Crippen LogP contribution in [-0.4, -0.2) is 37.0 Å². The van der Waals surface area contributed by atoms with E-state index in [1.807, 2.05) is 0 Å². The summed E-state index contributed by atoms with van der Waals surface area (Å²) in [7, 11) is 0. The molecule has 160 valence electrons. The van der Waals surface area contributed by atoms with Crippen LogP contribution in [0.1, 0.15) is 43.4 Å². The molecule has 1 aliphatic rings. The zero-order chi connectivity index (χ0) is 21.6. The van der Waals surface area contributed by atoms with Crippen molar-refractivity contribution in [2.24, 2.45) is 0 Å². The summed E-state index contributed by atoms with van der Waals surface area (Å²) >= 11 is 1.12. The normalized spacial score (nSPS) is 15.4. The third kappa shape index (κ3) is 5.19. The van der Waals surface area contributed by atoms with E-state index in [4.69, 9.17) is 9.15 Å². The van der Waals surface area contributed by atoms with Crippen molar-refractivity contribution in [2.75, 3.05) is 23.8 Å². The number of ether oxygens (including phenoxy) is 1. The fourth-order valence-electron chi connectivity index (χ4n) is 3.19. The third-order valence-electron chi connectivity index (χ3n) is 4.75. The Bertz CT molecular complexity index is 1070. The van der Waals surface area contributed by atoms with Crippen LogP contribution in [0, 0.1) is 0 Å². The molecule has 9 heteroatoms. The highest BCUT2D eigenvalue weighted by Crippen LogP contribution is 2.24. The van der Waals surface area contributed by atoms with E-state index >= 15 is 0 Å². The lowest BCUT2D eigenvalue weighted by Crippen LogP contribution is -2.32. The van der Waals surface area contributed by atoms with E-state index in [0.717, 1.165) is 30.8 Å². The van der Waals surface area contributed by atoms with Gasteiger partial charge in [-0.1, -0.05) is 12.1 Å². The van der Waals surface area contributed by atoms with Crippen LogP contribution in [0.3, 0.4) is 0 Å². The highest BCUT2D eigenvalue weighted by molar-refractivity contribution is 7.18. The number of rotatable bonds is 7. The molecule has 1 aliphatic heterocycles. The summed E-state index contributed by atoms with van der Waals surface area (Å²) in [6.07, 6.45) is 3.37. The summed E-state index contributed by atoms with van der Waals surface area (Å²) in [5, 5.41) is 8.84. The SMILES string of the molecule is O=C(Nc1ccc(C(=O)Nc2ccccc2C(=O)NC[C@@H]2CCCO2)s1)c1ccco1. The minimum Gasteiger partial charge on any atom is -0.459 e. The van der Waals surface area contributed by atoms with Crippen LogP contribution >= 0.6 is 11.3 Å². The van der Waals surface area contributed by atoms with E-state index in [2.05, 4.69) is 16.0 Å². The molecule has 0 bridgehead atoms. The standard InChI is InChI=1S/C22H21N3O5S/c26-20(23-13-14-5-3-11-29-14)15-6-1-2-7-16(15)24-22(28)18-9-10-19(31-18)25-21(27)17-8-4-12-30-17/h1-2,4,6-10,12,14H,3,5,11,13H2,(H,23,26)(H,24,28)(H,25,27)/t14-/m0/s1. The zero-order valence-corrected chi connectivity index (χ0v) is 17.4. The summed E-state index contributed by atoms with van der Waals surface area (Å²) in [6, 6.07) is 13.2. The first-order valence-electron chi connectivity index (χ1n) is 9.85. The summed E-state index contributed by atoms with van der Waals surface area (Å²) < 4.78 is 10.6. The van der Waals surface area contributed by atoms with Gasteiger partial charge in [0, 0.05) is 13.2 Å². The molecule has 0 spiro atoms. The average molecular weight is 439 g/mol. The van der Waals surface area contributed by atoms with Gasteiger partial charge in [0.15, 0.2) is 5.76 Å². The number of thiophene rings is 1. The molecule has 1 atom stereocenters. The number of carbonyl (C=O) groups excluding carboxylic acids is 3. The summed E-state index contributed by atoms with van der Waals surface area (Å²) in [6.45, 7) is 1.16. The molecule has 0 aliphatic carbocycles. The number of hydrogen-bond acceptors (Lipinski definition) is 6. The Morgan fingerprint density at radius 3 is 2.61 bits per heavy atom. The zero-order valence-electron chi connectivity index (χ0n) is 16.6. The number of carbonyl (C=O) groups is 3. The van der Waals surface area contributed by atoms with Crippen molar-refractivity contribution in [3.05, 3.63) is 71.0 Å². The molecule has 0 unspecified atom stereocenters. The fraction of sp³-hybridized carbons (Fsp3) is 0.227. The second-order valence-corrected chi connectivity index (χ2v) is 8.02. The lowest BCUT2D eigenvalue weighted by atomic mass is 10.1. The van der Waals surface area contributed by atoms with Crippen LogP contribution in [0.2, 0.25) is 0 Å². The molecule has 0 saturated carbocycles. The largest absolute Gasteiger partial charge is 0.459 e. The van der Waals surface area contributed by atoms with Gasteiger partial charge in [0.1, 0.15) is 0 Å². The Morgan fingerprint density at radius 1 is 0.968 bits per heavy atom. The second-order valence-electron chi connectivity index (χ2n) is 6.94. The topological polar surface area (TPSA) is 110 Å².